The summed E-state index contributed by atoms with van der Waals surface area (Å²) in [5, 5.41) is 4.10. The second kappa shape index (κ2) is 5.76. The highest BCUT2D eigenvalue weighted by Crippen LogP contribution is 2.43. The van der Waals surface area contributed by atoms with E-state index in [4.69, 9.17) is 16.3 Å². The molecule has 2 atom stereocenters. The van der Waals surface area contributed by atoms with E-state index in [9.17, 15) is 0 Å². The lowest BCUT2D eigenvalue weighted by molar-refractivity contribution is 0.153. The molecule has 2 aromatic carbocycles. The Balaban J connectivity index is 1.99. The Morgan fingerprint density at radius 1 is 1.20 bits per heavy atom. The van der Waals surface area contributed by atoms with Gasteiger partial charge in [-0.1, -0.05) is 45.7 Å². The number of nitrogens with one attached hydrogen (secondary N) is 1. The van der Waals surface area contributed by atoms with Gasteiger partial charge in [0, 0.05) is 33.1 Å². The zero-order chi connectivity index (χ0) is 14.1. The average molecular weight is 353 g/mol. The van der Waals surface area contributed by atoms with Crippen molar-refractivity contribution in [1.29, 1.82) is 0 Å². The van der Waals surface area contributed by atoms with E-state index in [1.807, 2.05) is 43.4 Å². The van der Waals surface area contributed by atoms with Crippen LogP contribution in [0.15, 0.2) is 46.9 Å². The van der Waals surface area contributed by atoms with Crippen LogP contribution < -0.4 is 10.1 Å². The molecule has 0 aromatic heterocycles. The lowest BCUT2D eigenvalue weighted by atomic mass is 9.93. The van der Waals surface area contributed by atoms with Crippen molar-refractivity contribution >= 4 is 27.5 Å². The van der Waals surface area contributed by atoms with Gasteiger partial charge in [-0.25, -0.2) is 0 Å². The number of fused-ring (bicyclic) bond motifs is 1. The summed E-state index contributed by atoms with van der Waals surface area (Å²) in [6, 6.07) is 14.2. The van der Waals surface area contributed by atoms with Crippen molar-refractivity contribution < 1.29 is 4.74 Å². The molecule has 0 spiro atoms. The van der Waals surface area contributed by atoms with Gasteiger partial charge in [0.25, 0.3) is 0 Å². The molecule has 2 nitrogen and oxygen atoms in total. The molecular weight excluding hydrogens is 338 g/mol. The highest BCUT2D eigenvalue weighted by Gasteiger charge is 2.29. The van der Waals surface area contributed by atoms with Gasteiger partial charge in [0.2, 0.25) is 0 Å². The first kappa shape index (κ1) is 13.9. The van der Waals surface area contributed by atoms with Crippen molar-refractivity contribution in [2.45, 2.75) is 18.6 Å². The van der Waals surface area contributed by atoms with Gasteiger partial charge in [-0.3, -0.25) is 0 Å². The molecule has 0 saturated carbocycles. The van der Waals surface area contributed by atoms with Crippen molar-refractivity contribution in [3.05, 3.63) is 63.1 Å². The third-order valence-electron chi connectivity index (χ3n) is 3.67. The standard InChI is InChI=1S/C16H15BrClNO/c1-19-14-9-16(11-4-2-3-5-13(11)17)20-15-7-6-10(18)8-12(14)15/h2-8,14,16,19H,9H2,1H3. The summed E-state index contributed by atoms with van der Waals surface area (Å²) in [4.78, 5) is 0. The van der Waals surface area contributed by atoms with Gasteiger partial charge in [-0.2, -0.15) is 0 Å². The number of hydrogen-bond donors (Lipinski definition) is 1. The van der Waals surface area contributed by atoms with Crippen LogP contribution in [-0.4, -0.2) is 7.05 Å². The fourth-order valence-corrected chi connectivity index (χ4v) is 3.36. The van der Waals surface area contributed by atoms with E-state index in [1.54, 1.807) is 0 Å². The van der Waals surface area contributed by atoms with Crippen LogP contribution in [0.2, 0.25) is 5.02 Å². The van der Waals surface area contributed by atoms with Gasteiger partial charge in [-0.15, -0.1) is 0 Å². The molecule has 0 saturated heterocycles. The van der Waals surface area contributed by atoms with Crippen molar-refractivity contribution in [1.82, 2.24) is 5.32 Å². The van der Waals surface area contributed by atoms with E-state index < -0.39 is 0 Å². The molecule has 20 heavy (non-hydrogen) atoms. The van der Waals surface area contributed by atoms with Crippen LogP contribution in [0.3, 0.4) is 0 Å². The average Bonchev–Trinajstić information content (AvgIpc) is 2.46. The zero-order valence-electron chi connectivity index (χ0n) is 11.1. The summed E-state index contributed by atoms with van der Waals surface area (Å²) >= 11 is 9.69. The number of halogens is 2. The predicted octanol–water partition coefficient (Wildman–Crippen LogP) is 4.89. The Kier molecular flexibility index (Phi) is 4.01. The maximum Gasteiger partial charge on any atom is 0.127 e. The molecule has 0 aliphatic carbocycles. The van der Waals surface area contributed by atoms with Crippen molar-refractivity contribution in [2.75, 3.05) is 7.05 Å². The highest BCUT2D eigenvalue weighted by molar-refractivity contribution is 9.10. The normalized spacial score (nSPS) is 21.1. The van der Waals surface area contributed by atoms with E-state index in [1.165, 1.54) is 5.56 Å². The summed E-state index contributed by atoms with van der Waals surface area (Å²) in [6.45, 7) is 0. The van der Waals surface area contributed by atoms with E-state index in [0.717, 1.165) is 27.2 Å². The molecule has 3 rings (SSSR count). The van der Waals surface area contributed by atoms with Crippen LogP contribution >= 0.6 is 27.5 Å². The Morgan fingerprint density at radius 2 is 2.00 bits per heavy atom. The Bertz CT molecular complexity index is 632. The molecule has 2 aromatic rings. The lowest BCUT2D eigenvalue weighted by Gasteiger charge is -2.33. The Hall–Kier alpha value is -1.03. The fraction of sp³-hybridized carbons (Fsp3) is 0.250. The molecule has 1 aliphatic rings. The molecular formula is C16H15BrClNO. The molecule has 0 radical (unpaired) electrons. The van der Waals surface area contributed by atoms with Crippen LogP contribution in [0.4, 0.5) is 0 Å². The molecule has 4 heteroatoms. The predicted molar refractivity (Wildman–Crippen MR) is 85.4 cm³/mol. The molecule has 1 N–H and O–H groups in total. The molecule has 1 heterocycles. The third-order valence-corrected chi connectivity index (χ3v) is 4.62. The third kappa shape index (κ3) is 2.58. The first-order valence-electron chi connectivity index (χ1n) is 6.57. The van der Waals surface area contributed by atoms with Crippen molar-refractivity contribution in [3.8, 4) is 5.75 Å². The fourth-order valence-electron chi connectivity index (χ4n) is 2.64. The number of hydrogen-bond acceptors (Lipinski definition) is 2. The highest BCUT2D eigenvalue weighted by atomic mass is 79.9. The quantitative estimate of drug-likeness (QED) is 0.831. The Morgan fingerprint density at radius 3 is 2.75 bits per heavy atom. The zero-order valence-corrected chi connectivity index (χ0v) is 13.4. The summed E-state index contributed by atoms with van der Waals surface area (Å²) in [5.41, 5.74) is 2.30. The second-order valence-electron chi connectivity index (χ2n) is 4.89. The minimum absolute atomic E-state index is 0.0386. The first-order valence-corrected chi connectivity index (χ1v) is 7.74. The van der Waals surface area contributed by atoms with Gasteiger partial charge < -0.3 is 10.1 Å². The van der Waals surface area contributed by atoms with Gasteiger partial charge in [0.1, 0.15) is 11.9 Å². The van der Waals surface area contributed by atoms with Crippen molar-refractivity contribution in [3.63, 3.8) is 0 Å². The molecule has 0 bridgehead atoms. The van der Waals surface area contributed by atoms with Gasteiger partial charge in [0.15, 0.2) is 0 Å². The molecule has 1 aliphatic heterocycles. The maximum absolute atomic E-state index is 6.16. The van der Waals surface area contributed by atoms with Crippen LogP contribution in [0.25, 0.3) is 0 Å². The topological polar surface area (TPSA) is 21.3 Å². The second-order valence-corrected chi connectivity index (χ2v) is 6.18. The molecule has 0 fully saturated rings. The summed E-state index contributed by atoms with van der Waals surface area (Å²) in [6.07, 6.45) is 0.920. The minimum atomic E-state index is 0.0386. The van der Waals surface area contributed by atoms with Crippen molar-refractivity contribution in [2.24, 2.45) is 0 Å². The monoisotopic (exact) mass is 351 g/mol. The number of ether oxygens (including phenoxy) is 1. The first-order chi connectivity index (χ1) is 9.69. The van der Waals surface area contributed by atoms with E-state index in [0.29, 0.717) is 0 Å². The van der Waals surface area contributed by atoms with E-state index in [2.05, 4.69) is 27.3 Å². The van der Waals surface area contributed by atoms with E-state index in [-0.39, 0.29) is 12.1 Å². The SMILES string of the molecule is CNC1CC(c2ccccc2Br)Oc2ccc(Cl)cc21. The Labute approximate surface area is 132 Å². The summed E-state index contributed by atoms with van der Waals surface area (Å²) in [5.74, 6) is 0.903. The van der Waals surface area contributed by atoms with Gasteiger partial charge in [-0.05, 0) is 31.3 Å². The number of rotatable bonds is 2. The summed E-state index contributed by atoms with van der Waals surface area (Å²) < 4.78 is 7.24. The van der Waals surface area contributed by atoms with Crippen LogP contribution in [-0.2, 0) is 0 Å². The molecule has 104 valence electrons. The minimum Gasteiger partial charge on any atom is -0.485 e. The maximum atomic E-state index is 6.16. The largest absolute Gasteiger partial charge is 0.485 e. The smallest absolute Gasteiger partial charge is 0.127 e. The van der Waals surface area contributed by atoms with Gasteiger partial charge in [0.05, 0.1) is 0 Å². The van der Waals surface area contributed by atoms with Crippen LogP contribution in [0, 0.1) is 0 Å². The van der Waals surface area contributed by atoms with E-state index >= 15 is 0 Å². The molecule has 0 amide bonds. The van der Waals surface area contributed by atoms with Crippen LogP contribution in [0.5, 0.6) is 5.75 Å². The summed E-state index contributed by atoms with van der Waals surface area (Å²) in [7, 11) is 1.97. The number of benzene rings is 2. The lowest BCUT2D eigenvalue weighted by Crippen LogP contribution is -2.26. The van der Waals surface area contributed by atoms with Gasteiger partial charge >= 0.3 is 0 Å². The molecule has 2 unspecified atom stereocenters. The van der Waals surface area contributed by atoms with Crippen LogP contribution in [0.1, 0.15) is 29.7 Å².